The quantitative estimate of drug-likeness (QED) is 0.306. The molecule has 1 aromatic heterocycles. The van der Waals surface area contributed by atoms with Gasteiger partial charge >= 0.3 is 0 Å². The molecular formula is C29H46N8O3. The number of aromatic nitrogens is 2. The predicted octanol–water partition coefficient (Wildman–Crippen LogP) is 2.57. The zero-order valence-corrected chi connectivity index (χ0v) is 25.2. The molecule has 2 rings (SSSR count). The van der Waals surface area contributed by atoms with Gasteiger partial charge in [0.1, 0.15) is 6.04 Å². The summed E-state index contributed by atoms with van der Waals surface area (Å²) in [4.78, 5) is 52.1. The molecule has 0 spiro atoms. The molecule has 3 amide bonds. The van der Waals surface area contributed by atoms with Gasteiger partial charge in [-0.1, -0.05) is 19.1 Å². The fraction of sp³-hybridized carbons (Fsp3) is 0.552. The highest BCUT2D eigenvalue weighted by atomic mass is 16.2. The van der Waals surface area contributed by atoms with Gasteiger partial charge in [0, 0.05) is 38.8 Å². The Balaban J connectivity index is 2.06. The van der Waals surface area contributed by atoms with Gasteiger partial charge in [0.2, 0.25) is 11.8 Å². The number of anilines is 3. The number of rotatable bonds is 15. The molecule has 1 atom stereocenters. The highest BCUT2D eigenvalue weighted by molar-refractivity contribution is 5.96. The van der Waals surface area contributed by atoms with Gasteiger partial charge < -0.3 is 31.1 Å². The van der Waals surface area contributed by atoms with Gasteiger partial charge in [-0.3, -0.25) is 14.4 Å². The molecular weight excluding hydrogens is 508 g/mol. The Labute approximate surface area is 238 Å². The van der Waals surface area contributed by atoms with E-state index in [2.05, 4.69) is 29.5 Å². The standard InChI is InChI=1S/C29H46N8O3/c1-9-23-28(36(7)19(2)3)34-27(25(33-23)26(30)39)32-22-13-10-12-21(18-22)15-16-31-29(40)20(4)37(8)24(38)14-11-17-35(5)6/h10,12-13,18-20H,9,11,14-17H2,1-8H3,(H2,30,39)(H,31,40)(H,32,34). The smallest absolute Gasteiger partial charge is 0.271 e. The molecule has 0 aliphatic carbocycles. The van der Waals surface area contributed by atoms with Crippen molar-refractivity contribution < 1.29 is 14.4 Å². The Kier molecular flexibility index (Phi) is 12.3. The zero-order valence-electron chi connectivity index (χ0n) is 25.2. The predicted molar refractivity (Wildman–Crippen MR) is 160 cm³/mol. The third-order valence-corrected chi connectivity index (χ3v) is 6.88. The van der Waals surface area contributed by atoms with E-state index in [0.717, 1.165) is 24.2 Å². The van der Waals surface area contributed by atoms with Gasteiger partial charge in [-0.15, -0.1) is 0 Å². The molecule has 0 aliphatic rings. The van der Waals surface area contributed by atoms with Crippen LogP contribution in [0.2, 0.25) is 0 Å². The van der Waals surface area contributed by atoms with Crippen molar-refractivity contribution in [2.45, 2.75) is 65.5 Å². The lowest BCUT2D eigenvalue weighted by atomic mass is 10.1. The van der Waals surface area contributed by atoms with Crippen molar-refractivity contribution >= 4 is 35.0 Å². The van der Waals surface area contributed by atoms with Crippen LogP contribution < -0.4 is 21.3 Å². The molecule has 2 aromatic rings. The minimum atomic E-state index is -0.655. The molecule has 40 heavy (non-hydrogen) atoms. The summed E-state index contributed by atoms with van der Waals surface area (Å²) in [5, 5.41) is 6.14. The van der Waals surface area contributed by atoms with Crippen molar-refractivity contribution in [1.29, 1.82) is 0 Å². The van der Waals surface area contributed by atoms with Crippen LogP contribution in [0.25, 0.3) is 0 Å². The number of benzene rings is 1. The summed E-state index contributed by atoms with van der Waals surface area (Å²) in [6.45, 7) is 9.05. The molecule has 11 heteroatoms. The summed E-state index contributed by atoms with van der Waals surface area (Å²) < 4.78 is 0. The molecule has 4 N–H and O–H groups in total. The molecule has 1 heterocycles. The molecule has 0 saturated heterocycles. The molecule has 0 aliphatic heterocycles. The molecule has 0 bridgehead atoms. The lowest BCUT2D eigenvalue weighted by molar-refractivity contribution is -0.138. The Bertz CT molecular complexity index is 1170. The largest absolute Gasteiger partial charge is 0.364 e. The SMILES string of the molecule is CCc1nc(C(N)=O)c(Nc2cccc(CCNC(=O)C(C)N(C)C(=O)CCCN(C)C)c2)nc1N(C)C(C)C. The van der Waals surface area contributed by atoms with Crippen molar-refractivity contribution in [2.24, 2.45) is 5.73 Å². The van der Waals surface area contributed by atoms with Crippen molar-refractivity contribution in [1.82, 2.24) is 25.1 Å². The number of aryl methyl sites for hydroxylation is 1. The lowest BCUT2D eigenvalue weighted by Crippen LogP contribution is -2.46. The van der Waals surface area contributed by atoms with E-state index in [0.29, 0.717) is 43.1 Å². The van der Waals surface area contributed by atoms with Gasteiger partial charge in [0.05, 0.1) is 5.69 Å². The molecule has 11 nitrogen and oxygen atoms in total. The number of carbonyl (C=O) groups excluding carboxylic acids is 3. The van der Waals surface area contributed by atoms with Crippen LogP contribution in [0.5, 0.6) is 0 Å². The number of primary amides is 1. The summed E-state index contributed by atoms with van der Waals surface area (Å²) >= 11 is 0. The Morgan fingerprint density at radius 3 is 2.35 bits per heavy atom. The van der Waals surface area contributed by atoms with Gasteiger partial charge in [-0.2, -0.15) is 0 Å². The lowest BCUT2D eigenvalue weighted by Gasteiger charge is -2.25. The second-order valence-corrected chi connectivity index (χ2v) is 10.6. The Morgan fingerprint density at radius 1 is 1.05 bits per heavy atom. The number of amides is 3. The van der Waals surface area contributed by atoms with Crippen LogP contribution in [-0.2, 0) is 22.4 Å². The summed E-state index contributed by atoms with van der Waals surface area (Å²) in [5.41, 5.74) is 8.13. The fourth-order valence-electron chi connectivity index (χ4n) is 4.02. The van der Waals surface area contributed by atoms with E-state index in [4.69, 9.17) is 10.7 Å². The van der Waals surface area contributed by atoms with Crippen LogP contribution in [0, 0.1) is 0 Å². The molecule has 1 unspecified atom stereocenters. The Morgan fingerprint density at radius 2 is 1.75 bits per heavy atom. The molecule has 0 radical (unpaired) electrons. The summed E-state index contributed by atoms with van der Waals surface area (Å²) in [6.07, 6.45) is 2.35. The van der Waals surface area contributed by atoms with Gasteiger partial charge in [-0.05, 0) is 78.4 Å². The first-order chi connectivity index (χ1) is 18.8. The maximum atomic E-state index is 12.7. The highest BCUT2D eigenvalue weighted by Gasteiger charge is 2.22. The van der Waals surface area contributed by atoms with Crippen molar-refractivity contribution in [3.8, 4) is 0 Å². The second-order valence-electron chi connectivity index (χ2n) is 10.6. The number of hydrogen-bond acceptors (Lipinski definition) is 8. The van der Waals surface area contributed by atoms with Crippen LogP contribution in [0.1, 0.15) is 62.3 Å². The second kappa shape index (κ2) is 15.2. The minimum absolute atomic E-state index is 0.0450. The average Bonchev–Trinajstić information content (AvgIpc) is 2.91. The average molecular weight is 555 g/mol. The van der Waals surface area contributed by atoms with Crippen LogP contribution >= 0.6 is 0 Å². The summed E-state index contributed by atoms with van der Waals surface area (Å²) in [7, 11) is 7.54. The number of hydrogen-bond donors (Lipinski definition) is 3. The van der Waals surface area contributed by atoms with E-state index >= 15 is 0 Å². The maximum absolute atomic E-state index is 12.7. The van der Waals surface area contributed by atoms with Crippen LogP contribution in [-0.4, -0.2) is 90.9 Å². The van der Waals surface area contributed by atoms with Crippen LogP contribution in [0.3, 0.4) is 0 Å². The van der Waals surface area contributed by atoms with E-state index in [1.807, 2.05) is 62.1 Å². The van der Waals surface area contributed by atoms with Gasteiger partial charge in [0.25, 0.3) is 5.91 Å². The van der Waals surface area contributed by atoms with E-state index < -0.39 is 11.9 Å². The van der Waals surface area contributed by atoms with E-state index in [9.17, 15) is 14.4 Å². The van der Waals surface area contributed by atoms with Crippen molar-refractivity contribution in [3.63, 3.8) is 0 Å². The molecule has 220 valence electrons. The third-order valence-electron chi connectivity index (χ3n) is 6.88. The van der Waals surface area contributed by atoms with Gasteiger partial charge in [0.15, 0.2) is 17.3 Å². The Hall–Kier alpha value is -3.73. The first kappa shape index (κ1) is 32.5. The summed E-state index contributed by atoms with van der Waals surface area (Å²) in [6, 6.07) is 7.28. The van der Waals surface area contributed by atoms with Crippen molar-refractivity contribution in [3.05, 3.63) is 41.2 Å². The summed E-state index contributed by atoms with van der Waals surface area (Å²) in [5.74, 6) is 0.0924. The minimum Gasteiger partial charge on any atom is -0.364 e. The van der Waals surface area contributed by atoms with E-state index in [-0.39, 0.29) is 23.6 Å². The highest BCUT2D eigenvalue weighted by Crippen LogP contribution is 2.25. The molecule has 0 saturated carbocycles. The normalized spacial score (nSPS) is 11.8. The number of nitrogens with two attached hydrogens (primary N) is 1. The third kappa shape index (κ3) is 9.18. The van der Waals surface area contributed by atoms with E-state index in [1.54, 1.807) is 14.0 Å². The number of carbonyl (C=O) groups is 3. The molecule has 1 aromatic carbocycles. The van der Waals surface area contributed by atoms with Crippen molar-refractivity contribution in [2.75, 3.05) is 51.5 Å². The first-order valence-corrected chi connectivity index (χ1v) is 13.8. The number of nitrogens with one attached hydrogen (secondary N) is 2. The van der Waals surface area contributed by atoms with Crippen LogP contribution in [0.4, 0.5) is 17.3 Å². The number of nitrogens with zero attached hydrogens (tertiary/aromatic N) is 5. The maximum Gasteiger partial charge on any atom is 0.271 e. The van der Waals surface area contributed by atoms with Crippen LogP contribution in [0.15, 0.2) is 24.3 Å². The molecule has 0 fully saturated rings. The zero-order chi connectivity index (χ0) is 30.0. The van der Waals surface area contributed by atoms with E-state index in [1.165, 1.54) is 4.90 Å². The monoisotopic (exact) mass is 554 g/mol. The first-order valence-electron chi connectivity index (χ1n) is 13.8. The topological polar surface area (TPSA) is 137 Å². The fourth-order valence-corrected chi connectivity index (χ4v) is 4.02. The van der Waals surface area contributed by atoms with Gasteiger partial charge in [-0.25, -0.2) is 9.97 Å². The number of likely N-dealkylation sites (N-methyl/N-ethyl adjacent to an activating group) is 1.